The highest BCUT2D eigenvalue weighted by Crippen LogP contribution is 2.47. The Kier molecular flexibility index (Phi) is 4.37. The number of hydrogen-bond donors (Lipinski definition) is 1. The standard InChI is InChI=1S/C28H25N3O4/c1-15-9-16(2)13-31(12-15)21-11-20(29-17-7-8-22-23(10-17)34-14-33-22)24-25-26(21)30-35-28(25)19-6-4-3-5-18(19)27(24)32/h3-8,10-11,15-16,29H,9,12-14H2,1-2H3. The van der Waals surface area contributed by atoms with Crippen LogP contribution in [0.25, 0.3) is 22.2 Å². The monoisotopic (exact) mass is 467 g/mol. The molecule has 0 radical (unpaired) electrons. The van der Waals surface area contributed by atoms with Crippen molar-refractivity contribution in [3.8, 4) is 22.8 Å². The normalized spacial score (nSPS) is 20.3. The summed E-state index contributed by atoms with van der Waals surface area (Å²) in [7, 11) is 0. The highest BCUT2D eigenvalue weighted by Gasteiger charge is 2.35. The molecule has 0 saturated carbocycles. The first-order valence-corrected chi connectivity index (χ1v) is 12.1. The van der Waals surface area contributed by atoms with Crippen LogP contribution in [-0.2, 0) is 0 Å². The summed E-state index contributed by atoms with van der Waals surface area (Å²) in [5, 5.41) is 8.80. The van der Waals surface area contributed by atoms with Gasteiger partial charge in [0.1, 0.15) is 5.52 Å². The molecule has 0 spiro atoms. The number of benzene rings is 3. The van der Waals surface area contributed by atoms with Gasteiger partial charge in [0.25, 0.3) is 0 Å². The lowest BCUT2D eigenvalue weighted by molar-refractivity contribution is 0.104. The molecule has 1 saturated heterocycles. The summed E-state index contributed by atoms with van der Waals surface area (Å²) < 4.78 is 17.0. The lowest BCUT2D eigenvalue weighted by Crippen LogP contribution is -2.39. The van der Waals surface area contributed by atoms with Crippen LogP contribution >= 0.6 is 0 Å². The quantitative estimate of drug-likeness (QED) is 0.349. The first-order chi connectivity index (χ1) is 17.1. The predicted molar refractivity (Wildman–Crippen MR) is 134 cm³/mol. The van der Waals surface area contributed by atoms with Crippen LogP contribution in [-0.4, -0.2) is 30.8 Å². The van der Waals surface area contributed by atoms with Crippen LogP contribution in [0.2, 0.25) is 0 Å². The number of aromatic nitrogens is 1. The highest BCUT2D eigenvalue weighted by atomic mass is 16.7. The van der Waals surface area contributed by atoms with Gasteiger partial charge in [0.15, 0.2) is 23.0 Å². The zero-order valence-corrected chi connectivity index (χ0v) is 19.6. The first kappa shape index (κ1) is 20.4. The third-order valence-electron chi connectivity index (χ3n) is 7.24. The summed E-state index contributed by atoms with van der Waals surface area (Å²) in [6.45, 7) is 6.67. The summed E-state index contributed by atoms with van der Waals surface area (Å²) in [6, 6.07) is 15.4. The van der Waals surface area contributed by atoms with E-state index >= 15 is 0 Å². The van der Waals surface area contributed by atoms with Gasteiger partial charge in [0.05, 0.1) is 22.3 Å². The molecular weight excluding hydrogens is 442 g/mol. The minimum Gasteiger partial charge on any atom is -0.454 e. The van der Waals surface area contributed by atoms with Crippen LogP contribution in [0.5, 0.6) is 11.5 Å². The van der Waals surface area contributed by atoms with Gasteiger partial charge in [0.2, 0.25) is 6.79 Å². The lowest BCUT2D eigenvalue weighted by Gasteiger charge is -2.37. The topological polar surface area (TPSA) is 76.8 Å². The van der Waals surface area contributed by atoms with Crippen molar-refractivity contribution in [3.63, 3.8) is 0 Å². The minimum atomic E-state index is -0.0310. The average molecular weight is 468 g/mol. The smallest absolute Gasteiger partial charge is 0.231 e. The molecule has 0 bridgehead atoms. The molecule has 7 heteroatoms. The Hall–Kier alpha value is -4.00. The van der Waals surface area contributed by atoms with Gasteiger partial charge >= 0.3 is 0 Å². The van der Waals surface area contributed by atoms with E-state index in [1.165, 1.54) is 6.42 Å². The summed E-state index contributed by atoms with van der Waals surface area (Å²) in [5.41, 5.74) is 5.30. The lowest BCUT2D eigenvalue weighted by atomic mass is 9.85. The van der Waals surface area contributed by atoms with Crippen LogP contribution in [0.4, 0.5) is 17.1 Å². The highest BCUT2D eigenvalue weighted by molar-refractivity contribution is 6.28. The molecule has 1 aromatic heterocycles. The van der Waals surface area contributed by atoms with Crippen LogP contribution in [0, 0.1) is 11.8 Å². The van der Waals surface area contributed by atoms with Crippen molar-refractivity contribution < 1.29 is 18.8 Å². The van der Waals surface area contributed by atoms with Crippen LogP contribution in [0.15, 0.2) is 53.1 Å². The van der Waals surface area contributed by atoms with Crippen molar-refractivity contribution in [2.24, 2.45) is 11.8 Å². The Labute approximate surface area is 202 Å². The zero-order chi connectivity index (χ0) is 23.7. The van der Waals surface area contributed by atoms with E-state index in [-0.39, 0.29) is 12.6 Å². The molecule has 1 aliphatic carbocycles. The fourth-order valence-corrected chi connectivity index (χ4v) is 5.87. The molecule has 3 aromatic carbocycles. The number of nitrogens with one attached hydrogen (secondary N) is 1. The molecule has 7 nitrogen and oxygen atoms in total. The van der Waals surface area contributed by atoms with Gasteiger partial charge in [-0.3, -0.25) is 4.79 Å². The van der Waals surface area contributed by atoms with Crippen molar-refractivity contribution in [1.29, 1.82) is 0 Å². The molecule has 2 atom stereocenters. The van der Waals surface area contributed by atoms with Crippen molar-refractivity contribution in [3.05, 3.63) is 59.7 Å². The van der Waals surface area contributed by atoms with Crippen molar-refractivity contribution in [2.75, 3.05) is 30.1 Å². The zero-order valence-electron chi connectivity index (χ0n) is 19.6. The predicted octanol–water partition coefficient (Wildman–Crippen LogP) is 5.99. The maximum Gasteiger partial charge on any atom is 0.231 e. The van der Waals surface area contributed by atoms with Gasteiger partial charge < -0.3 is 24.2 Å². The molecule has 2 aliphatic heterocycles. The molecule has 4 aromatic rings. The summed E-state index contributed by atoms with van der Waals surface area (Å²) in [4.78, 5) is 16.2. The van der Waals surface area contributed by atoms with Gasteiger partial charge in [-0.2, -0.15) is 0 Å². The Morgan fingerprint density at radius 2 is 1.74 bits per heavy atom. The number of carbonyl (C=O) groups excluding carboxylic acids is 1. The maximum absolute atomic E-state index is 13.8. The molecule has 0 amide bonds. The van der Waals surface area contributed by atoms with E-state index in [1.807, 2.05) is 42.5 Å². The van der Waals surface area contributed by atoms with Gasteiger partial charge in [-0.25, -0.2) is 0 Å². The number of ether oxygens (including phenoxy) is 2. The summed E-state index contributed by atoms with van der Waals surface area (Å²) in [5.74, 6) is 3.16. The van der Waals surface area contributed by atoms with Gasteiger partial charge in [0, 0.05) is 36.0 Å². The van der Waals surface area contributed by atoms with Crippen LogP contribution in [0.1, 0.15) is 36.2 Å². The Bertz CT molecular complexity index is 1500. The SMILES string of the molecule is CC1CC(C)CN(c2cc(Nc3ccc4c(c3)OCO4)c3c4c(onc24)-c2ccccc2C3=O)C1. The molecule has 176 valence electrons. The number of carbonyl (C=O) groups is 1. The van der Waals surface area contributed by atoms with Crippen LogP contribution < -0.4 is 19.7 Å². The number of hydrogen-bond acceptors (Lipinski definition) is 7. The number of piperidine rings is 1. The number of nitrogens with zero attached hydrogens (tertiary/aromatic N) is 2. The van der Waals surface area contributed by atoms with E-state index in [9.17, 15) is 4.79 Å². The molecule has 1 fully saturated rings. The van der Waals surface area contributed by atoms with Crippen molar-refractivity contribution in [1.82, 2.24) is 5.16 Å². The third-order valence-corrected chi connectivity index (χ3v) is 7.24. The first-order valence-electron chi connectivity index (χ1n) is 12.1. The van der Waals surface area contributed by atoms with Crippen LogP contribution in [0.3, 0.4) is 0 Å². The van der Waals surface area contributed by atoms with E-state index in [2.05, 4.69) is 35.3 Å². The van der Waals surface area contributed by atoms with E-state index in [0.29, 0.717) is 34.5 Å². The molecule has 3 aliphatic rings. The van der Waals surface area contributed by atoms with Gasteiger partial charge in [-0.05, 0) is 36.5 Å². The average Bonchev–Trinajstić information content (AvgIpc) is 3.49. The fraction of sp³-hybridized carbons (Fsp3) is 0.286. The molecule has 1 N–H and O–H groups in total. The Morgan fingerprint density at radius 1 is 0.971 bits per heavy atom. The van der Waals surface area contributed by atoms with E-state index in [1.54, 1.807) is 0 Å². The molecule has 2 unspecified atom stereocenters. The maximum atomic E-state index is 13.8. The number of rotatable bonds is 3. The molecule has 3 heterocycles. The van der Waals surface area contributed by atoms with Gasteiger partial charge in [-0.1, -0.05) is 43.3 Å². The van der Waals surface area contributed by atoms with Crippen molar-refractivity contribution >= 4 is 33.7 Å². The van der Waals surface area contributed by atoms with E-state index in [4.69, 9.17) is 14.0 Å². The van der Waals surface area contributed by atoms with Gasteiger partial charge in [-0.15, -0.1) is 0 Å². The second kappa shape index (κ2) is 7.50. The number of anilines is 3. The number of fused-ring (bicyclic) bond motifs is 3. The number of ketones is 1. The third kappa shape index (κ3) is 3.11. The second-order valence-electron chi connectivity index (χ2n) is 9.97. The molecule has 7 rings (SSSR count). The fourth-order valence-electron chi connectivity index (χ4n) is 5.87. The Balaban J connectivity index is 1.44. The second-order valence-corrected chi connectivity index (χ2v) is 9.97. The summed E-state index contributed by atoms with van der Waals surface area (Å²) in [6.07, 6.45) is 1.20. The molecule has 35 heavy (non-hydrogen) atoms. The van der Waals surface area contributed by atoms with E-state index in [0.717, 1.165) is 52.4 Å². The largest absolute Gasteiger partial charge is 0.454 e. The van der Waals surface area contributed by atoms with Crippen molar-refractivity contribution in [2.45, 2.75) is 20.3 Å². The molecular formula is C28H25N3O4. The summed E-state index contributed by atoms with van der Waals surface area (Å²) >= 11 is 0. The van der Waals surface area contributed by atoms with E-state index < -0.39 is 0 Å². The minimum absolute atomic E-state index is 0.0310. The Morgan fingerprint density at radius 3 is 2.57 bits per heavy atom.